The highest BCUT2D eigenvalue weighted by Crippen LogP contribution is 2.34. The summed E-state index contributed by atoms with van der Waals surface area (Å²) in [5.41, 5.74) is -1.31. The topological polar surface area (TPSA) is 91.0 Å². The molecular formula is C22H24F3N5O3. The van der Waals surface area contributed by atoms with Crippen LogP contribution in [0.5, 0.6) is 0 Å². The number of nitrogens with one attached hydrogen (secondary N) is 1. The van der Waals surface area contributed by atoms with Crippen molar-refractivity contribution in [2.45, 2.75) is 46.3 Å². The molecule has 176 valence electrons. The fourth-order valence-electron chi connectivity index (χ4n) is 3.22. The largest absolute Gasteiger partial charge is 0.462 e. The van der Waals surface area contributed by atoms with E-state index in [0.29, 0.717) is 10.5 Å². The first kappa shape index (κ1) is 24.0. The minimum Gasteiger partial charge on any atom is -0.462 e. The average molecular weight is 463 g/mol. The minimum atomic E-state index is -4.85. The molecule has 0 radical (unpaired) electrons. The van der Waals surface area contributed by atoms with E-state index in [-0.39, 0.29) is 23.4 Å². The number of aryl methyl sites for hydroxylation is 1. The molecule has 2 aromatic heterocycles. The molecule has 0 aliphatic carbocycles. The highest BCUT2D eigenvalue weighted by molar-refractivity contribution is 6.04. The number of rotatable bonds is 5. The summed E-state index contributed by atoms with van der Waals surface area (Å²) in [6, 6.07) is 7.12. The van der Waals surface area contributed by atoms with Gasteiger partial charge in [-0.3, -0.25) is 4.79 Å². The number of anilines is 1. The lowest BCUT2D eigenvalue weighted by molar-refractivity contribution is -0.143. The van der Waals surface area contributed by atoms with E-state index in [9.17, 15) is 22.8 Å². The first-order valence-electron chi connectivity index (χ1n) is 10.1. The smallest absolute Gasteiger partial charge is 0.434 e. The standard InChI is InChI=1S/C22H24F3N5O3/c1-6-33-20(32)16-12-26-29(18(16)22(23,24)25)15-9-7-14(8-10-15)19(31)27-17-11-13(2)28-30(17)21(3,4)5/h7-12H,6H2,1-5H3,(H,27,31). The molecule has 3 rings (SSSR count). The maximum absolute atomic E-state index is 13.7. The quantitative estimate of drug-likeness (QED) is 0.560. The number of halogens is 3. The Morgan fingerprint density at radius 3 is 2.30 bits per heavy atom. The summed E-state index contributed by atoms with van der Waals surface area (Å²) in [4.78, 5) is 24.7. The van der Waals surface area contributed by atoms with Crippen molar-refractivity contribution in [3.63, 3.8) is 0 Å². The van der Waals surface area contributed by atoms with Crippen LogP contribution in [0.15, 0.2) is 36.5 Å². The Bertz CT molecular complexity index is 1170. The van der Waals surface area contributed by atoms with Crippen LogP contribution in [-0.4, -0.2) is 38.0 Å². The van der Waals surface area contributed by atoms with Gasteiger partial charge >= 0.3 is 12.1 Å². The summed E-state index contributed by atoms with van der Waals surface area (Å²) in [5, 5.41) is 10.9. The average Bonchev–Trinajstić information content (AvgIpc) is 3.32. The predicted octanol–water partition coefficient (Wildman–Crippen LogP) is 4.58. The third-order valence-electron chi connectivity index (χ3n) is 4.62. The van der Waals surface area contributed by atoms with Gasteiger partial charge in [0.15, 0.2) is 5.69 Å². The third kappa shape index (κ3) is 5.07. The summed E-state index contributed by atoms with van der Waals surface area (Å²) < 4.78 is 48.0. The predicted molar refractivity (Wildman–Crippen MR) is 114 cm³/mol. The second-order valence-corrected chi connectivity index (χ2v) is 8.29. The lowest BCUT2D eigenvalue weighted by Crippen LogP contribution is -2.26. The Balaban J connectivity index is 1.90. The number of carbonyl (C=O) groups excluding carboxylic acids is 2. The summed E-state index contributed by atoms with van der Waals surface area (Å²) in [5.74, 6) is -1.06. The monoisotopic (exact) mass is 463 g/mol. The molecular weight excluding hydrogens is 439 g/mol. The van der Waals surface area contributed by atoms with Crippen molar-refractivity contribution in [3.8, 4) is 5.69 Å². The van der Waals surface area contributed by atoms with Crippen LogP contribution in [0.3, 0.4) is 0 Å². The SMILES string of the molecule is CCOC(=O)c1cnn(-c2ccc(C(=O)Nc3cc(C)nn3C(C)(C)C)cc2)c1C(F)(F)F. The third-order valence-corrected chi connectivity index (χ3v) is 4.62. The zero-order chi connectivity index (χ0) is 24.6. The van der Waals surface area contributed by atoms with Gasteiger partial charge in [0.2, 0.25) is 0 Å². The van der Waals surface area contributed by atoms with Crippen LogP contribution in [0, 0.1) is 6.92 Å². The van der Waals surface area contributed by atoms with Crippen LogP contribution < -0.4 is 5.32 Å². The van der Waals surface area contributed by atoms with E-state index in [4.69, 9.17) is 4.74 Å². The van der Waals surface area contributed by atoms with Crippen LogP contribution in [0.2, 0.25) is 0 Å². The highest BCUT2D eigenvalue weighted by atomic mass is 19.4. The molecule has 0 aliphatic heterocycles. The molecule has 0 saturated carbocycles. The number of amides is 1. The normalized spacial score (nSPS) is 12.0. The van der Waals surface area contributed by atoms with Crippen molar-refractivity contribution in [1.82, 2.24) is 19.6 Å². The Morgan fingerprint density at radius 1 is 1.12 bits per heavy atom. The van der Waals surface area contributed by atoms with Gasteiger partial charge in [0.1, 0.15) is 11.4 Å². The summed E-state index contributed by atoms with van der Waals surface area (Å²) >= 11 is 0. The van der Waals surface area contributed by atoms with Gasteiger partial charge in [-0.15, -0.1) is 0 Å². The Morgan fingerprint density at radius 2 is 1.76 bits per heavy atom. The zero-order valence-corrected chi connectivity index (χ0v) is 18.8. The van der Waals surface area contributed by atoms with Gasteiger partial charge in [-0.05, 0) is 58.9 Å². The molecule has 8 nitrogen and oxygen atoms in total. The van der Waals surface area contributed by atoms with E-state index in [0.717, 1.165) is 11.9 Å². The first-order chi connectivity index (χ1) is 15.3. The fourth-order valence-corrected chi connectivity index (χ4v) is 3.22. The summed E-state index contributed by atoms with van der Waals surface area (Å²) in [7, 11) is 0. The molecule has 0 bridgehead atoms. The van der Waals surface area contributed by atoms with Crippen molar-refractivity contribution in [1.29, 1.82) is 0 Å². The molecule has 33 heavy (non-hydrogen) atoms. The van der Waals surface area contributed by atoms with Crippen LogP contribution in [0.1, 0.15) is 59.8 Å². The number of benzene rings is 1. The molecule has 3 aromatic rings. The van der Waals surface area contributed by atoms with E-state index < -0.39 is 29.3 Å². The first-order valence-corrected chi connectivity index (χ1v) is 10.1. The van der Waals surface area contributed by atoms with Crippen LogP contribution >= 0.6 is 0 Å². The van der Waals surface area contributed by atoms with Crippen LogP contribution in [0.4, 0.5) is 19.0 Å². The Hall–Kier alpha value is -3.63. The minimum absolute atomic E-state index is 0.0324. The van der Waals surface area contributed by atoms with Gasteiger partial charge in [-0.2, -0.15) is 23.4 Å². The van der Waals surface area contributed by atoms with E-state index >= 15 is 0 Å². The van der Waals surface area contributed by atoms with Crippen LogP contribution in [0.25, 0.3) is 5.69 Å². The molecule has 0 fully saturated rings. The number of hydrogen-bond acceptors (Lipinski definition) is 5. The summed E-state index contributed by atoms with van der Waals surface area (Å²) in [6.45, 7) is 9.05. The number of alkyl halides is 3. The molecule has 1 N–H and O–H groups in total. The molecule has 0 atom stereocenters. The van der Waals surface area contributed by atoms with Gasteiger partial charge in [0.05, 0.1) is 29.7 Å². The van der Waals surface area contributed by atoms with Crippen molar-refractivity contribution in [3.05, 3.63) is 59.0 Å². The number of carbonyl (C=O) groups is 2. The second-order valence-electron chi connectivity index (χ2n) is 8.29. The maximum Gasteiger partial charge on any atom is 0.434 e. The highest BCUT2D eigenvalue weighted by Gasteiger charge is 2.41. The zero-order valence-electron chi connectivity index (χ0n) is 18.8. The van der Waals surface area contributed by atoms with Gasteiger partial charge in [-0.1, -0.05) is 0 Å². The Labute approximate surface area is 188 Å². The molecule has 0 aliphatic rings. The molecule has 11 heteroatoms. The van der Waals surface area contributed by atoms with E-state index in [1.807, 2.05) is 20.8 Å². The molecule has 2 heterocycles. The summed E-state index contributed by atoms with van der Waals surface area (Å²) in [6.07, 6.45) is -4.03. The maximum atomic E-state index is 13.7. The fraction of sp³-hybridized carbons (Fsp3) is 0.364. The van der Waals surface area contributed by atoms with Crippen molar-refractivity contribution in [2.24, 2.45) is 0 Å². The van der Waals surface area contributed by atoms with Crippen molar-refractivity contribution in [2.75, 3.05) is 11.9 Å². The van der Waals surface area contributed by atoms with Gasteiger partial charge in [0, 0.05) is 11.6 Å². The van der Waals surface area contributed by atoms with Gasteiger partial charge < -0.3 is 10.1 Å². The molecule has 1 aromatic carbocycles. The van der Waals surface area contributed by atoms with Crippen molar-refractivity contribution < 1.29 is 27.5 Å². The number of nitrogens with zero attached hydrogens (tertiary/aromatic N) is 4. The molecule has 0 unspecified atom stereocenters. The molecule has 0 spiro atoms. The number of ether oxygens (including phenoxy) is 1. The van der Waals surface area contributed by atoms with E-state index in [2.05, 4.69) is 15.5 Å². The van der Waals surface area contributed by atoms with E-state index in [1.165, 1.54) is 31.2 Å². The van der Waals surface area contributed by atoms with E-state index in [1.54, 1.807) is 17.7 Å². The number of esters is 1. The van der Waals surface area contributed by atoms with Gasteiger partial charge in [-0.25, -0.2) is 14.2 Å². The lowest BCUT2D eigenvalue weighted by atomic mass is 10.1. The second kappa shape index (κ2) is 8.72. The molecule has 0 saturated heterocycles. The Kier molecular flexibility index (Phi) is 6.35. The van der Waals surface area contributed by atoms with Gasteiger partial charge in [0.25, 0.3) is 5.91 Å². The number of hydrogen-bond donors (Lipinski definition) is 1. The molecule has 1 amide bonds. The van der Waals surface area contributed by atoms with Crippen molar-refractivity contribution >= 4 is 17.7 Å². The van der Waals surface area contributed by atoms with Crippen LogP contribution in [-0.2, 0) is 16.5 Å². The number of aromatic nitrogens is 4. The lowest BCUT2D eigenvalue weighted by Gasteiger charge is -2.22.